The predicted molar refractivity (Wildman–Crippen MR) is 104 cm³/mol. The average Bonchev–Trinajstić information content (AvgIpc) is 3.18. The zero-order chi connectivity index (χ0) is 19.4. The van der Waals surface area contributed by atoms with E-state index in [1.54, 1.807) is 13.3 Å². The Labute approximate surface area is 160 Å². The van der Waals surface area contributed by atoms with E-state index in [9.17, 15) is 14.0 Å². The second-order valence-electron chi connectivity index (χ2n) is 5.81. The molecule has 140 valence electrons. The number of nitrogens with zero attached hydrogens (tertiary/aromatic N) is 4. The minimum absolute atomic E-state index is 0.0317. The van der Waals surface area contributed by atoms with Crippen LogP contribution in [0.4, 0.5) is 10.1 Å². The number of hydrazone groups is 1. The number of amides is 2. The Hall–Kier alpha value is -2.94. The van der Waals surface area contributed by atoms with Crippen LogP contribution in [0.5, 0.6) is 0 Å². The SMILES string of the molecule is CN=C1SC(CC(=O)Nc2ccc(F)cc2)C(=O)N1N=Cc1cccn1C. The Bertz CT molecular complexity index is 907. The van der Waals surface area contributed by atoms with Crippen molar-refractivity contribution in [2.45, 2.75) is 11.7 Å². The number of aryl methyl sites for hydroxylation is 1. The van der Waals surface area contributed by atoms with Crippen molar-refractivity contribution in [2.24, 2.45) is 17.1 Å². The van der Waals surface area contributed by atoms with E-state index in [0.717, 1.165) is 5.69 Å². The molecule has 2 amide bonds. The van der Waals surface area contributed by atoms with Gasteiger partial charge in [0.25, 0.3) is 5.91 Å². The van der Waals surface area contributed by atoms with Crippen molar-refractivity contribution in [1.29, 1.82) is 0 Å². The Morgan fingerprint density at radius 1 is 1.33 bits per heavy atom. The quantitative estimate of drug-likeness (QED) is 0.801. The minimum atomic E-state index is -0.616. The van der Waals surface area contributed by atoms with Gasteiger partial charge < -0.3 is 9.88 Å². The van der Waals surface area contributed by atoms with Crippen molar-refractivity contribution in [2.75, 3.05) is 12.4 Å². The molecule has 1 fully saturated rings. The lowest BCUT2D eigenvalue weighted by Gasteiger charge is -2.09. The van der Waals surface area contributed by atoms with E-state index < -0.39 is 5.25 Å². The number of thioether (sulfide) groups is 1. The van der Waals surface area contributed by atoms with Crippen molar-refractivity contribution in [1.82, 2.24) is 9.58 Å². The van der Waals surface area contributed by atoms with Gasteiger partial charge in [-0.1, -0.05) is 11.8 Å². The summed E-state index contributed by atoms with van der Waals surface area (Å²) >= 11 is 1.19. The molecule has 7 nitrogen and oxygen atoms in total. The monoisotopic (exact) mass is 387 g/mol. The van der Waals surface area contributed by atoms with Gasteiger partial charge in [-0.3, -0.25) is 14.6 Å². The van der Waals surface area contributed by atoms with Crippen molar-refractivity contribution < 1.29 is 14.0 Å². The number of benzene rings is 1. The summed E-state index contributed by atoms with van der Waals surface area (Å²) in [7, 11) is 3.45. The minimum Gasteiger partial charge on any atom is -0.350 e. The van der Waals surface area contributed by atoms with E-state index in [1.165, 1.54) is 41.0 Å². The highest BCUT2D eigenvalue weighted by Gasteiger charge is 2.39. The number of carbonyl (C=O) groups excluding carboxylic acids is 2. The zero-order valence-electron chi connectivity index (χ0n) is 14.8. The van der Waals surface area contributed by atoms with Crippen LogP contribution in [-0.4, -0.2) is 45.1 Å². The number of halogens is 1. The van der Waals surface area contributed by atoms with E-state index in [1.807, 2.05) is 29.9 Å². The topological polar surface area (TPSA) is 79.1 Å². The van der Waals surface area contributed by atoms with Crippen molar-refractivity contribution in [3.05, 3.63) is 54.1 Å². The number of hydrogen-bond donors (Lipinski definition) is 1. The summed E-state index contributed by atoms with van der Waals surface area (Å²) in [6, 6.07) is 9.19. The number of carbonyl (C=O) groups is 2. The van der Waals surface area contributed by atoms with Crippen LogP contribution in [0.15, 0.2) is 52.7 Å². The van der Waals surface area contributed by atoms with Gasteiger partial charge in [-0.2, -0.15) is 10.1 Å². The van der Waals surface area contributed by atoms with Crippen molar-refractivity contribution in [3.8, 4) is 0 Å². The van der Waals surface area contributed by atoms with Gasteiger partial charge in [0, 0.05) is 32.4 Å². The average molecular weight is 387 g/mol. The van der Waals surface area contributed by atoms with Crippen LogP contribution in [0.25, 0.3) is 0 Å². The molecular weight excluding hydrogens is 369 g/mol. The van der Waals surface area contributed by atoms with E-state index in [2.05, 4.69) is 15.4 Å². The normalized spacial score (nSPS) is 18.6. The molecule has 0 radical (unpaired) electrons. The van der Waals surface area contributed by atoms with E-state index in [-0.39, 0.29) is 24.1 Å². The third-order valence-corrected chi connectivity index (χ3v) is 5.11. The summed E-state index contributed by atoms with van der Waals surface area (Å²) in [6.07, 6.45) is 3.42. The molecule has 1 atom stereocenters. The zero-order valence-corrected chi connectivity index (χ0v) is 15.6. The maximum absolute atomic E-state index is 12.9. The van der Waals surface area contributed by atoms with Gasteiger partial charge in [0.2, 0.25) is 5.91 Å². The number of aromatic nitrogens is 1. The molecule has 0 spiro atoms. The lowest BCUT2D eigenvalue weighted by Crippen LogP contribution is -2.29. The third-order valence-electron chi connectivity index (χ3n) is 3.89. The predicted octanol–water partition coefficient (Wildman–Crippen LogP) is 2.46. The first-order chi connectivity index (χ1) is 13.0. The molecule has 27 heavy (non-hydrogen) atoms. The Balaban J connectivity index is 1.66. The maximum atomic E-state index is 12.9. The second kappa shape index (κ2) is 8.17. The van der Waals surface area contributed by atoms with Gasteiger partial charge in [-0.15, -0.1) is 0 Å². The molecule has 0 saturated carbocycles. The molecule has 9 heteroatoms. The summed E-state index contributed by atoms with van der Waals surface area (Å²) in [5, 5.41) is 7.91. The van der Waals surface area contributed by atoms with Crippen LogP contribution in [-0.2, 0) is 16.6 Å². The molecule has 1 aliphatic rings. The summed E-state index contributed by atoms with van der Waals surface area (Å²) < 4.78 is 14.8. The summed E-state index contributed by atoms with van der Waals surface area (Å²) in [4.78, 5) is 28.9. The van der Waals surface area contributed by atoms with Gasteiger partial charge in [-0.25, -0.2) is 4.39 Å². The highest BCUT2D eigenvalue weighted by molar-refractivity contribution is 8.15. The largest absolute Gasteiger partial charge is 0.350 e. The summed E-state index contributed by atoms with van der Waals surface area (Å²) in [5.74, 6) is -1.03. The summed E-state index contributed by atoms with van der Waals surface area (Å²) in [6.45, 7) is 0. The number of anilines is 1. The molecule has 0 aliphatic carbocycles. The number of hydrogen-bond acceptors (Lipinski definition) is 5. The molecule has 2 aromatic rings. The van der Waals surface area contributed by atoms with Gasteiger partial charge >= 0.3 is 0 Å². The van der Waals surface area contributed by atoms with Gasteiger partial charge in [0.15, 0.2) is 5.17 Å². The first-order valence-electron chi connectivity index (χ1n) is 8.16. The number of aliphatic imine (C=N–C) groups is 1. The summed E-state index contributed by atoms with van der Waals surface area (Å²) in [5.41, 5.74) is 1.31. The van der Waals surface area contributed by atoms with Crippen molar-refractivity contribution >= 4 is 40.6 Å². The Kier molecular flexibility index (Phi) is 5.70. The van der Waals surface area contributed by atoms with Crippen LogP contribution >= 0.6 is 11.8 Å². The maximum Gasteiger partial charge on any atom is 0.263 e. The van der Waals surface area contributed by atoms with Gasteiger partial charge in [0.1, 0.15) is 11.1 Å². The highest BCUT2D eigenvalue weighted by Crippen LogP contribution is 2.30. The number of amidine groups is 1. The van der Waals surface area contributed by atoms with E-state index >= 15 is 0 Å². The van der Waals surface area contributed by atoms with Gasteiger partial charge in [0.05, 0.1) is 11.9 Å². The molecule has 1 aliphatic heterocycles. The first-order valence-corrected chi connectivity index (χ1v) is 9.04. The van der Waals surface area contributed by atoms with Crippen LogP contribution in [0, 0.1) is 5.82 Å². The lowest BCUT2D eigenvalue weighted by atomic mass is 10.2. The molecular formula is C18H18FN5O2S. The molecule has 2 heterocycles. The van der Waals surface area contributed by atoms with Crippen LogP contribution < -0.4 is 5.32 Å². The fraction of sp³-hybridized carbons (Fsp3) is 0.222. The third kappa shape index (κ3) is 4.43. The molecule has 1 N–H and O–H groups in total. The molecule has 0 bridgehead atoms. The molecule has 1 aromatic carbocycles. The van der Waals surface area contributed by atoms with Crippen molar-refractivity contribution in [3.63, 3.8) is 0 Å². The standard InChI is InChI=1S/C18H18FN5O2S/c1-20-18-24(21-11-14-4-3-9-23(14)2)17(26)15(27-18)10-16(25)22-13-7-5-12(19)6-8-13/h3-9,11,15H,10H2,1-2H3,(H,22,25). The smallest absolute Gasteiger partial charge is 0.263 e. The Morgan fingerprint density at radius 3 is 2.70 bits per heavy atom. The fourth-order valence-electron chi connectivity index (χ4n) is 2.48. The first kappa shape index (κ1) is 18.8. The number of nitrogens with one attached hydrogen (secondary N) is 1. The fourth-order valence-corrected chi connectivity index (χ4v) is 3.51. The molecule has 3 rings (SSSR count). The van der Waals surface area contributed by atoms with E-state index in [0.29, 0.717) is 10.9 Å². The second-order valence-corrected chi connectivity index (χ2v) is 6.98. The molecule has 1 aromatic heterocycles. The highest BCUT2D eigenvalue weighted by atomic mass is 32.2. The number of rotatable bonds is 5. The molecule has 1 saturated heterocycles. The van der Waals surface area contributed by atoms with Gasteiger partial charge in [-0.05, 0) is 36.4 Å². The Morgan fingerprint density at radius 2 is 2.07 bits per heavy atom. The lowest BCUT2D eigenvalue weighted by molar-refractivity contribution is -0.128. The van der Waals surface area contributed by atoms with Crippen LogP contribution in [0.3, 0.4) is 0 Å². The van der Waals surface area contributed by atoms with Crippen LogP contribution in [0.2, 0.25) is 0 Å². The molecule has 1 unspecified atom stereocenters. The van der Waals surface area contributed by atoms with Crippen LogP contribution in [0.1, 0.15) is 12.1 Å². The van der Waals surface area contributed by atoms with E-state index in [4.69, 9.17) is 0 Å².